The van der Waals surface area contributed by atoms with Crippen LogP contribution in [0.3, 0.4) is 0 Å². The fraction of sp³-hybridized carbons (Fsp3) is 0.280. The first-order valence-electron chi connectivity index (χ1n) is 10.9. The van der Waals surface area contributed by atoms with Crippen LogP contribution in [-0.2, 0) is 13.1 Å². The van der Waals surface area contributed by atoms with E-state index in [-0.39, 0.29) is 18.0 Å². The first kappa shape index (κ1) is 21.5. The molecule has 1 amide bonds. The molecule has 32 heavy (non-hydrogen) atoms. The Kier molecular flexibility index (Phi) is 6.16. The fourth-order valence-corrected chi connectivity index (χ4v) is 3.84. The van der Waals surface area contributed by atoms with Gasteiger partial charge in [-0.2, -0.15) is 10.2 Å². The summed E-state index contributed by atoms with van der Waals surface area (Å²) >= 11 is 0. The van der Waals surface area contributed by atoms with Crippen LogP contribution in [0, 0.1) is 6.92 Å². The van der Waals surface area contributed by atoms with Crippen LogP contribution in [0.25, 0.3) is 5.57 Å². The first-order valence-corrected chi connectivity index (χ1v) is 10.9. The minimum atomic E-state index is -0.214. The van der Waals surface area contributed by atoms with Gasteiger partial charge in [-0.05, 0) is 56.0 Å². The molecule has 1 N–H and O–H groups in total. The molecule has 3 aromatic rings. The molecule has 7 nitrogen and oxygen atoms in total. The van der Waals surface area contributed by atoms with Gasteiger partial charge >= 0.3 is 0 Å². The Morgan fingerprint density at radius 2 is 1.94 bits per heavy atom. The van der Waals surface area contributed by atoms with Crippen LogP contribution in [-0.4, -0.2) is 25.5 Å². The number of carbonyl (C=O) groups excluding carboxylic acids is 1. The minimum absolute atomic E-state index is 0.175. The van der Waals surface area contributed by atoms with Gasteiger partial charge in [0.15, 0.2) is 0 Å². The third kappa shape index (κ3) is 4.61. The molecule has 0 unspecified atom stereocenters. The van der Waals surface area contributed by atoms with Crippen molar-refractivity contribution >= 4 is 17.3 Å². The Bertz CT molecular complexity index is 1280. The van der Waals surface area contributed by atoms with Crippen molar-refractivity contribution in [1.82, 2.24) is 19.6 Å². The summed E-state index contributed by atoms with van der Waals surface area (Å²) in [4.78, 5) is 25.4. The van der Waals surface area contributed by atoms with Crippen molar-refractivity contribution in [2.45, 2.75) is 46.7 Å². The number of aryl methyl sites for hydroxylation is 2. The number of amides is 1. The molecule has 0 radical (unpaired) electrons. The monoisotopic (exact) mass is 429 g/mol. The average molecular weight is 430 g/mol. The smallest absolute Gasteiger partial charge is 0.267 e. The van der Waals surface area contributed by atoms with E-state index < -0.39 is 0 Å². The number of anilines is 1. The molecule has 0 atom stereocenters. The third-order valence-electron chi connectivity index (χ3n) is 5.58. The highest BCUT2D eigenvalue weighted by Crippen LogP contribution is 2.21. The van der Waals surface area contributed by atoms with Gasteiger partial charge in [-0.15, -0.1) is 0 Å². The molecule has 4 bridgehead atoms. The van der Waals surface area contributed by atoms with Crippen LogP contribution < -0.4 is 10.9 Å². The summed E-state index contributed by atoms with van der Waals surface area (Å²) in [5, 5.41) is 12.2. The van der Waals surface area contributed by atoms with Crippen LogP contribution >= 0.6 is 0 Å². The molecule has 1 aliphatic rings. The number of hydrogen-bond acceptors (Lipinski definition) is 4. The van der Waals surface area contributed by atoms with E-state index in [9.17, 15) is 9.59 Å². The van der Waals surface area contributed by atoms with Crippen molar-refractivity contribution in [3.63, 3.8) is 0 Å². The Morgan fingerprint density at radius 1 is 1.09 bits per heavy atom. The van der Waals surface area contributed by atoms with Gasteiger partial charge in [-0.1, -0.05) is 36.8 Å². The first-order chi connectivity index (χ1) is 15.5. The van der Waals surface area contributed by atoms with Gasteiger partial charge in [0, 0.05) is 24.2 Å². The van der Waals surface area contributed by atoms with E-state index in [0.717, 1.165) is 40.9 Å². The molecule has 2 aromatic heterocycles. The summed E-state index contributed by atoms with van der Waals surface area (Å²) in [5.74, 6) is 0.455. The van der Waals surface area contributed by atoms with E-state index in [1.165, 1.54) is 4.68 Å². The van der Waals surface area contributed by atoms with Crippen molar-refractivity contribution in [2.24, 2.45) is 0 Å². The van der Waals surface area contributed by atoms with Crippen molar-refractivity contribution in [2.75, 3.05) is 5.32 Å². The van der Waals surface area contributed by atoms with E-state index in [1.807, 2.05) is 36.7 Å². The summed E-state index contributed by atoms with van der Waals surface area (Å²) < 4.78 is 3.29. The Hall–Kier alpha value is -3.74. The van der Waals surface area contributed by atoms with E-state index >= 15 is 0 Å². The van der Waals surface area contributed by atoms with Gasteiger partial charge in [0.1, 0.15) is 5.82 Å². The number of allylic oxidation sites excluding steroid dienone is 4. The number of carbonyl (C=O) groups is 1. The zero-order valence-electron chi connectivity index (χ0n) is 18.6. The average Bonchev–Trinajstić information content (AvgIpc) is 3.14. The summed E-state index contributed by atoms with van der Waals surface area (Å²) in [6, 6.07) is 12.5. The molecule has 3 heterocycles. The lowest BCUT2D eigenvalue weighted by Crippen LogP contribution is -2.24. The molecule has 0 spiro atoms. The van der Waals surface area contributed by atoms with Gasteiger partial charge in [0.2, 0.25) is 0 Å². The molecule has 0 saturated heterocycles. The minimum Gasteiger partial charge on any atom is -0.307 e. The van der Waals surface area contributed by atoms with E-state index in [4.69, 9.17) is 0 Å². The molecule has 4 rings (SSSR count). The van der Waals surface area contributed by atoms with Crippen LogP contribution in [0.2, 0.25) is 0 Å². The molecular weight excluding hydrogens is 402 g/mol. The molecule has 0 fully saturated rings. The Morgan fingerprint density at radius 3 is 2.72 bits per heavy atom. The highest BCUT2D eigenvalue weighted by atomic mass is 16.2. The van der Waals surface area contributed by atoms with E-state index in [0.29, 0.717) is 17.9 Å². The molecule has 0 saturated carbocycles. The van der Waals surface area contributed by atoms with Gasteiger partial charge < -0.3 is 5.32 Å². The van der Waals surface area contributed by atoms with Gasteiger partial charge in [-0.3, -0.25) is 9.59 Å². The second-order valence-corrected chi connectivity index (χ2v) is 7.90. The lowest BCUT2D eigenvalue weighted by molar-refractivity contribution is 0.102. The molecule has 164 valence electrons. The highest BCUT2D eigenvalue weighted by molar-refractivity contribution is 6.03. The van der Waals surface area contributed by atoms with Crippen LogP contribution in [0.5, 0.6) is 0 Å². The SMILES string of the molecule is C/C=C1\C=C(/CC)c2ccc(=O)n(n2)Cc2cccc(c2)C(=O)Nc2cc(C)nn2CC1. The lowest BCUT2D eigenvalue weighted by atomic mass is 10.0. The number of nitrogens with zero attached hydrogens (tertiary/aromatic N) is 4. The number of hydrogen-bond donors (Lipinski definition) is 1. The van der Waals surface area contributed by atoms with Crippen LogP contribution in [0.15, 0.2) is 65.0 Å². The van der Waals surface area contributed by atoms with E-state index in [2.05, 4.69) is 34.6 Å². The maximum Gasteiger partial charge on any atom is 0.267 e. The number of fused-ring (bicyclic) bond motifs is 5. The molecule has 1 aliphatic heterocycles. The summed E-state index contributed by atoms with van der Waals surface area (Å²) in [6.45, 7) is 6.93. The highest BCUT2D eigenvalue weighted by Gasteiger charge is 2.14. The van der Waals surface area contributed by atoms with Crippen molar-refractivity contribution in [3.05, 3.63) is 93.1 Å². The second kappa shape index (κ2) is 9.18. The summed E-state index contributed by atoms with van der Waals surface area (Å²) in [6.07, 6.45) is 5.76. The zero-order valence-corrected chi connectivity index (χ0v) is 18.6. The topological polar surface area (TPSA) is 81.8 Å². The zero-order chi connectivity index (χ0) is 22.7. The molecule has 7 heteroatoms. The van der Waals surface area contributed by atoms with Crippen LogP contribution in [0.1, 0.15) is 54.0 Å². The molecular formula is C25H27N5O2. The van der Waals surface area contributed by atoms with Gasteiger partial charge in [-0.25, -0.2) is 9.36 Å². The quantitative estimate of drug-likeness (QED) is 0.629. The number of rotatable bonds is 1. The molecule has 1 aromatic carbocycles. The van der Waals surface area contributed by atoms with Crippen molar-refractivity contribution in [1.29, 1.82) is 0 Å². The maximum absolute atomic E-state index is 12.9. The standard InChI is InChI=1S/C25H27N5O2/c1-4-18-11-12-29-23(13-17(3)27-29)26-25(32)21-8-6-7-19(15-21)16-30-24(31)10-9-22(28-30)20(5-2)14-18/h4,6-10,13-15H,5,11-12,16H2,1-3H3,(H,26,32)/b18-4-,20-14+. The maximum atomic E-state index is 12.9. The van der Waals surface area contributed by atoms with Crippen LogP contribution in [0.4, 0.5) is 5.82 Å². The summed E-state index contributed by atoms with van der Waals surface area (Å²) in [5.41, 5.74) is 5.01. The predicted molar refractivity (Wildman–Crippen MR) is 126 cm³/mol. The Balaban J connectivity index is 1.84. The van der Waals surface area contributed by atoms with Crippen molar-refractivity contribution in [3.8, 4) is 0 Å². The third-order valence-corrected chi connectivity index (χ3v) is 5.58. The summed E-state index contributed by atoms with van der Waals surface area (Å²) in [7, 11) is 0. The largest absolute Gasteiger partial charge is 0.307 e. The number of nitrogens with one attached hydrogen (secondary N) is 1. The predicted octanol–water partition coefficient (Wildman–Crippen LogP) is 4.19. The second-order valence-electron chi connectivity index (χ2n) is 7.90. The fourth-order valence-electron chi connectivity index (χ4n) is 3.84. The lowest BCUT2D eigenvalue weighted by Gasteiger charge is -2.13. The van der Waals surface area contributed by atoms with Gasteiger partial charge in [0.25, 0.3) is 11.5 Å². The van der Waals surface area contributed by atoms with Gasteiger partial charge in [0.05, 0.1) is 17.9 Å². The van der Waals surface area contributed by atoms with Crippen molar-refractivity contribution < 1.29 is 4.79 Å². The molecule has 0 aliphatic carbocycles. The van der Waals surface area contributed by atoms with E-state index in [1.54, 1.807) is 24.3 Å². The normalized spacial score (nSPS) is 17.4. The Labute approximate surface area is 187 Å². The number of benzene rings is 1. The number of aromatic nitrogens is 4.